The number of aromatic amines is 1. The molecule has 0 unspecified atom stereocenters. The number of carboxylic acid groups (broad SMARTS) is 1. The topological polar surface area (TPSA) is 78.0 Å². The van der Waals surface area contributed by atoms with E-state index in [1.54, 1.807) is 6.07 Å². The van der Waals surface area contributed by atoms with Crippen LogP contribution in [0.1, 0.15) is 12.5 Å². The van der Waals surface area contributed by atoms with Crippen LogP contribution < -0.4 is 5.32 Å². The first kappa shape index (κ1) is 14.4. The molecule has 2 heterocycles. The summed E-state index contributed by atoms with van der Waals surface area (Å²) >= 11 is 5.90. The molecule has 3 rings (SSSR count). The van der Waals surface area contributed by atoms with Gasteiger partial charge in [-0.3, -0.25) is 10.3 Å². The van der Waals surface area contributed by atoms with Crippen LogP contribution in [0.5, 0.6) is 0 Å². The summed E-state index contributed by atoms with van der Waals surface area (Å²) in [7, 11) is 0. The van der Waals surface area contributed by atoms with Crippen LogP contribution in [0.4, 0.5) is 10.5 Å². The van der Waals surface area contributed by atoms with Gasteiger partial charge in [0.05, 0.1) is 16.4 Å². The molecule has 0 radical (unpaired) electrons. The maximum atomic E-state index is 10.9. The van der Waals surface area contributed by atoms with Crippen molar-refractivity contribution in [3.05, 3.63) is 47.1 Å². The SMILES string of the molecule is CCc1ccc2cc(-c3ncc(Cl)cc3NC(=O)O)[nH]c2c1. The monoisotopic (exact) mass is 315 g/mol. The average molecular weight is 316 g/mol. The Morgan fingerprint density at radius 3 is 2.91 bits per heavy atom. The Balaban J connectivity index is 2.12. The molecule has 3 N–H and O–H groups in total. The fourth-order valence-corrected chi connectivity index (χ4v) is 2.54. The van der Waals surface area contributed by atoms with E-state index in [1.165, 1.54) is 11.8 Å². The number of benzene rings is 1. The number of amides is 1. The summed E-state index contributed by atoms with van der Waals surface area (Å²) in [5.41, 5.74) is 3.83. The maximum absolute atomic E-state index is 10.9. The highest BCUT2D eigenvalue weighted by atomic mass is 35.5. The molecule has 112 valence electrons. The first-order valence-corrected chi connectivity index (χ1v) is 7.22. The Morgan fingerprint density at radius 1 is 1.36 bits per heavy atom. The predicted molar refractivity (Wildman–Crippen MR) is 87.6 cm³/mol. The lowest BCUT2D eigenvalue weighted by atomic mass is 10.1. The van der Waals surface area contributed by atoms with E-state index in [2.05, 4.69) is 34.3 Å². The van der Waals surface area contributed by atoms with Crippen molar-refractivity contribution in [2.75, 3.05) is 5.32 Å². The molecule has 0 bridgehead atoms. The molecule has 1 amide bonds. The minimum Gasteiger partial charge on any atom is -0.465 e. The third kappa shape index (κ3) is 2.76. The highest BCUT2D eigenvalue weighted by Gasteiger charge is 2.12. The Kier molecular flexibility index (Phi) is 3.73. The van der Waals surface area contributed by atoms with Gasteiger partial charge in [-0.2, -0.15) is 0 Å². The van der Waals surface area contributed by atoms with Gasteiger partial charge in [0, 0.05) is 17.1 Å². The van der Waals surface area contributed by atoms with E-state index in [-0.39, 0.29) is 0 Å². The van der Waals surface area contributed by atoms with Crippen molar-refractivity contribution in [2.24, 2.45) is 0 Å². The van der Waals surface area contributed by atoms with Gasteiger partial charge in [0.25, 0.3) is 0 Å². The molecule has 0 saturated carbocycles. The standard InChI is InChI=1S/C16H14ClN3O2/c1-2-9-3-4-10-6-13(19-12(10)5-9)15-14(20-16(21)22)7-11(17)8-18-15/h3-8,19-20H,2H2,1H3,(H,21,22). The fraction of sp³-hybridized carbons (Fsp3) is 0.125. The molecule has 22 heavy (non-hydrogen) atoms. The normalized spacial score (nSPS) is 10.8. The van der Waals surface area contributed by atoms with Crippen molar-refractivity contribution in [2.45, 2.75) is 13.3 Å². The minimum absolute atomic E-state index is 0.349. The molecule has 0 atom stereocenters. The van der Waals surface area contributed by atoms with Crippen molar-refractivity contribution in [3.8, 4) is 11.4 Å². The summed E-state index contributed by atoms with van der Waals surface area (Å²) in [6.07, 6.45) is 1.29. The summed E-state index contributed by atoms with van der Waals surface area (Å²) in [5.74, 6) is 0. The average Bonchev–Trinajstić information content (AvgIpc) is 2.89. The number of nitrogens with zero attached hydrogens (tertiary/aromatic N) is 1. The van der Waals surface area contributed by atoms with Gasteiger partial charge < -0.3 is 10.1 Å². The molecule has 0 saturated heterocycles. The van der Waals surface area contributed by atoms with Gasteiger partial charge in [0.15, 0.2) is 0 Å². The molecule has 2 aromatic heterocycles. The van der Waals surface area contributed by atoms with Crippen LogP contribution in [-0.2, 0) is 6.42 Å². The van der Waals surface area contributed by atoms with E-state index in [9.17, 15) is 4.79 Å². The smallest absolute Gasteiger partial charge is 0.409 e. The number of H-pyrrole nitrogens is 1. The lowest BCUT2D eigenvalue weighted by Gasteiger charge is -2.07. The number of pyridine rings is 1. The molecule has 3 aromatic rings. The van der Waals surface area contributed by atoms with Crippen molar-refractivity contribution in [1.82, 2.24) is 9.97 Å². The first-order chi connectivity index (χ1) is 10.6. The largest absolute Gasteiger partial charge is 0.465 e. The zero-order valence-corrected chi connectivity index (χ0v) is 12.6. The van der Waals surface area contributed by atoms with Crippen LogP contribution >= 0.6 is 11.6 Å². The number of hydrogen-bond acceptors (Lipinski definition) is 2. The number of aromatic nitrogens is 2. The molecule has 6 heteroatoms. The van der Waals surface area contributed by atoms with Crippen LogP contribution in [0.25, 0.3) is 22.3 Å². The van der Waals surface area contributed by atoms with Crippen LogP contribution in [-0.4, -0.2) is 21.2 Å². The van der Waals surface area contributed by atoms with E-state index in [1.807, 2.05) is 12.1 Å². The molecule has 0 fully saturated rings. The third-order valence-electron chi connectivity index (χ3n) is 3.45. The highest BCUT2D eigenvalue weighted by Crippen LogP contribution is 2.30. The highest BCUT2D eigenvalue weighted by molar-refractivity contribution is 6.30. The number of fused-ring (bicyclic) bond motifs is 1. The second-order valence-corrected chi connectivity index (χ2v) is 5.37. The molecule has 1 aromatic carbocycles. The first-order valence-electron chi connectivity index (χ1n) is 6.84. The van der Waals surface area contributed by atoms with E-state index in [4.69, 9.17) is 16.7 Å². The fourth-order valence-electron chi connectivity index (χ4n) is 2.39. The summed E-state index contributed by atoms with van der Waals surface area (Å²) < 4.78 is 0. The number of aryl methyl sites for hydroxylation is 1. The molecule has 5 nitrogen and oxygen atoms in total. The van der Waals surface area contributed by atoms with E-state index >= 15 is 0 Å². The lowest BCUT2D eigenvalue weighted by Crippen LogP contribution is -2.09. The number of nitrogens with one attached hydrogen (secondary N) is 2. The number of hydrogen-bond donors (Lipinski definition) is 3. The Labute approximate surface area is 132 Å². The van der Waals surface area contributed by atoms with E-state index < -0.39 is 6.09 Å². The van der Waals surface area contributed by atoms with Crippen LogP contribution in [0, 0.1) is 0 Å². The van der Waals surface area contributed by atoms with Gasteiger partial charge in [0.2, 0.25) is 0 Å². The van der Waals surface area contributed by atoms with E-state index in [0.29, 0.717) is 16.4 Å². The molecule has 0 spiro atoms. The van der Waals surface area contributed by atoms with Gasteiger partial charge in [-0.1, -0.05) is 30.7 Å². The van der Waals surface area contributed by atoms with Crippen LogP contribution in [0.3, 0.4) is 0 Å². The van der Waals surface area contributed by atoms with Gasteiger partial charge >= 0.3 is 6.09 Å². The predicted octanol–water partition coefficient (Wildman–Crippen LogP) is 4.54. The van der Waals surface area contributed by atoms with E-state index in [0.717, 1.165) is 23.0 Å². The van der Waals surface area contributed by atoms with Crippen molar-refractivity contribution in [3.63, 3.8) is 0 Å². The third-order valence-corrected chi connectivity index (χ3v) is 3.65. The zero-order chi connectivity index (χ0) is 15.7. The molecule has 0 aliphatic rings. The summed E-state index contributed by atoms with van der Waals surface area (Å²) in [6, 6.07) is 9.68. The van der Waals surface area contributed by atoms with Gasteiger partial charge in [0.1, 0.15) is 5.69 Å². The Bertz CT molecular complexity index is 858. The van der Waals surface area contributed by atoms with Crippen molar-refractivity contribution in [1.29, 1.82) is 0 Å². The number of anilines is 1. The Hall–Kier alpha value is -2.53. The van der Waals surface area contributed by atoms with Gasteiger partial charge in [-0.25, -0.2) is 4.79 Å². The van der Waals surface area contributed by atoms with Crippen LogP contribution in [0.15, 0.2) is 36.5 Å². The molecular weight excluding hydrogens is 302 g/mol. The van der Waals surface area contributed by atoms with Crippen molar-refractivity contribution >= 4 is 34.3 Å². The zero-order valence-electron chi connectivity index (χ0n) is 11.9. The molecular formula is C16H14ClN3O2. The Morgan fingerprint density at radius 2 is 2.18 bits per heavy atom. The number of halogens is 1. The minimum atomic E-state index is -1.16. The number of rotatable bonds is 3. The number of carbonyl (C=O) groups is 1. The van der Waals surface area contributed by atoms with Crippen molar-refractivity contribution < 1.29 is 9.90 Å². The van der Waals surface area contributed by atoms with Gasteiger partial charge in [-0.15, -0.1) is 0 Å². The van der Waals surface area contributed by atoms with Gasteiger partial charge in [-0.05, 0) is 30.2 Å². The van der Waals surface area contributed by atoms with Crippen LogP contribution in [0.2, 0.25) is 5.02 Å². The molecule has 0 aliphatic heterocycles. The lowest BCUT2D eigenvalue weighted by molar-refractivity contribution is 0.210. The summed E-state index contributed by atoms with van der Waals surface area (Å²) in [6.45, 7) is 2.10. The summed E-state index contributed by atoms with van der Waals surface area (Å²) in [5, 5.41) is 12.7. The second kappa shape index (κ2) is 5.69. The maximum Gasteiger partial charge on any atom is 0.409 e. The summed E-state index contributed by atoms with van der Waals surface area (Å²) in [4.78, 5) is 18.5. The quantitative estimate of drug-likeness (QED) is 0.664. The molecule has 0 aliphatic carbocycles. The second-order valence-electron chi connectivity index (χ2n) is 4.94.